The molecule has 0 N–H and O–H groups in total. The molecule has 6 heteroatoms. The van der Waals surface area contributed by atoms with Crippen LogP contribution in [-0.2, 0) is 21.1 Å². The summed E-state index contributed by atoms with van der Waals surface area (Å²) in [6.45, 7) is 0. The number of nitrogens with zero attached hydrogens (tertiary/aromatic N) is 4. The second kappa shape index (κ2) is 11.2. The predicted molar refractivity (Wildman–Crippen MR) is 186 cm³/mol. The molecule has 0 aliphatic rings. The van der Waals surface area contributed by atoms with Gasteiger partial charge in [0.2, 0.25) is 0 Å². The van der Waals surface area contributed by atoms with E-state index in [0.29, 0.717) is 0 Å². The third-order valence-electron chi connectivity index (χ3n) is 8.96. The van der Waals surface area contributed by atoms with Crippen molar-refractivity contribution < 1.29 is 30.0 Å². The molecule has 0 bridgehead atoms. The third kappa shape index (κ3) is 4.28. The summed E-state index contributed by atoms with van der Waals surface area (Å²) in [5.41, 5.74) is 10.5. The first-order valence-electron chi connectivity index (χ1n) is 15.6. The Bertz CT molecular complexity index is 2800. The number of para-hydroxylation sites is 6. The van der Waals surface area contributed by atoms with Crippen LogP contribution in [0.25, 0.3) is 83.2 Å². The predicted octanol–water partition coefficient (Wildman–Crippen LogP) is 9.36. The molecular formula is C42H24N4OPt-2. The van der Waals surface area contributed by atoms with E-state index in [9.17, 15) is 0 Å². The average molecular weight is 796 g/mol. The SMILES string of the molecule is [Pt].[c-]1ccccc1-n1[c-][n+](-c2ccccc2-c2ccc3c4cc5oc6ccccc6c5cc4n(-c4[c-]cccc4)c3n2)c2ccccc21. The topological polar surface area (TPSA) is 39.8 Å². The fourth-order valence-electron chi connectivity index (χ4n) is 6.85. The number of imidazole rings is 1. The van der Waals surface area contributed by atoms with E-state index in [1.807, 2.05) is 54.6 Å². The van der Waals surface area contributed by atoms with Gasteiger partial charge in [-0.2, -0.15) is 54.6 Å². The summed E-state index contributed by atoms with van der Waals surface area (Å²) in [4.78, 5) is 5.40. The number of hydrogen-bond acceptors (Lipinski definition) is 2. The first kappa shape index (κ1) is 28.5. The Morgan fingerprint density at radius 1 is 0.583 bits per heavy atom. The van der Waals surface area contributed by atoms with Gasteiger partial charge in [-0.05, 0) is 42.1 Å². The first-order valence-corrected chi connectivity index (χ1v) is 15.6. The molecule has 0 aliphatic carbocycles. The van der Waals surface area contributed by atoms with Crippen molar-refractivity contribution in [2.75, 3.05) is 0 Å². The Morgan fingerprint density at radius 2 is 1.33 bits per heavy atom. The molecule has 10 rings (SSSR count). The van der Waals surface area contributed by atoms with Gasteiger partial charge in [0.05, 0.1) is 27.9 Å². The molecule has 0 aliphatic heterocycles. The van der Waals surface area contributed by atoms with Crippen LogP contribution in [0.5, 0.6) is 0 Å². The number of hydrogen-bond donors (Lipinski definition) is 0. The van der Waals surface area contributed by atoms with Gasteiger partial charge in [0.25, 0.3) is 6.33 Å². The van der Waals surface area contributed by atoms with Crippen molar-refractivity contribution >= 4 is 54.9 Å². The van der Waals surface area contributed by atoms with Crippen molar-refractivity contribution in [1.82, 2.24) is 14.1 Å². The summed E-state index contributed by atoms with van der Waals surface area (Å²) in [5, 5.41) is 4.32. The van der Waals surface area contributed by atoms with Crippen LogP contribution in [0, 0.1) is 18.5 Å². The molecule has 0 spiro atoms. The standard InChI is InChI=1S/C42H24N4O.Pt/c1-3-13-28(14-4-1)44-27-45(38-21-11-10-20-37(38)44)36-19-9-7-18-32(36)35-24-23-31-33-26-41-34(30-17-8-12-22-40(30)47-41)25-39(33)46(42(31)43-35)29-15-5-2-6-16-29;/h1-13,15,17-26H;/q-2;. The van der Waals surface area contributed by atoms with Gasteiger partial charge in [-0.1, -0.05) is 66.4 Å². The molecule has 5 nitrogen and oxygen atoms in total. The Morgan fingerprint density at radius 3 is 2.19 bits per heavy atom. The maximum Gasteiger partial charge on any atom is 0.268 e. The minimum atomic E-state index is 0. The second-order valence-electron chi connectivity index (χ2n) is 11.6. The summed E-state index contributed by atoms with van der Waals surface area (Å²) >= 11 is 0. The van der Waals surface area contributed by atoms with E-state index in [1.165, 1.54) is 0 Å². The molecule has 230 valence electrons. The van der Waals surface area contributed by atoms with Gasteiger partial charge < -0.3 is 13.6 Å². The quantitative estimate of drug-likeness (QED) is 0.132. The van der Waals surface area contributed by atoms with E-state index in [0.717, 1.165) is 83.2 Å². The largest absolute Gasteiger partial charge is 0.456 e. The molecular weight excluding hydrogens is 772 g/mol. The molecule has 0 fully saturated rings. The van der Waals surface area contributed by atoms with Crippen LogP contribution < -0.4 is 4.57 Å². The van der Waals surface area contributed by atoms with Gasteiger partial charge in [0.15, 0.2) is 0 Å². The van der Waals surface area contributed by atoms with Gasteiger partial charge in [-0.25, -0.2) is 4.98 Å². The minimum Gasteiger partial charge on any atom is -0.456 e. The van der Waals surface area contributed by atoms with Crippen molar-refractivity contribution in [3.8, 4) is 28.3 Å². The summed E-state index contributed by atoms with van der Waals surface area (Å²) in [6.07, 6.45) is 3.61. The fraction of sp³-hybridized carbons (Fsp3) is 0. The van der Waals surface area contributed by atoms with E-state index < -0.39 is 0 Å². The zero-order valence-corrected chi connectivity index (χ0v) is 27.6. The van der Waals surface area contributed by atoms with Crippen LogP contribution in [0.4, 0.5) is 0 Å². The molecule has 0 amide bonds. The molecule has 0 unspecified atom stereocenters. The zero-order valence-electron chi connectivity index (χ0n) is 25.4. The van der Waals surface area contributed by atoms with Crippen molar-refractivity contribution in [3.05, 3.63) is 164 Å². The normalized spacial score (nSPS) is 11.6. The smallest absolute Gasteiger partial charge is 0.268 e. The van der Waals surface area contributed by atoms with Gasteiger partial charge in [-0.15, -0.1) is 6.07 Å². The third-order valence-corrected chi connectivity index (χ3v) is 8.96. The van der Waals surface area contributed by atoms with Crippen LogP contribution in [-0.4, -0.2) is 14.1 Å². The fourth-order valence-corrected chi connectivity index (χ4v) is 6.85. The molecule has 0 atom stereocenters. The Hall–Kier alpha value is -5.77. The monoisotopic (exact) mass is 795 g/mol. The summed E-state index contributed by atoms with van der Waals surface area (Å²) in [6, 6.07) is 56.5. The van der Waals surface area contributed by atoms with Crippen molar-refractivity contribution in [3.63, 3.8) is 0 Å². The van der Waals surface area contributed by atoms with Crippen LogP contribution in [0.3, 0.4) is 0 Å². The van der Waals surface area contributed by atoms with Crippen LogP contribution in [0.15, 0.2) is 150 Å². The van der Waals surface area contributed by atoms with E-state index in [2.05, 4.69) is 123 Å². The molecule has 0 saturated heterocycles. The molecule has 4 aromatic heterocycles. The first-order chi connectivity index (χ1) is 23.3. The van der Waals surface area contributed by atoms with Gasteiger partial charge in [0, 0.05) is 48.2 Å². The number of aromatic nitrogens is 4. The maximum atomic E-state index is 6.30. The van der Waals surface area contributed by atoms with Gasteiger partial charge in [-0.3, -0.25) is 4.57 Å². The summed E-state index contributed by atoms with van der Waals surface area (Å²) < 4.78 is 12.7. The second-order valence-corrected chi connectivity index (χ2v) is 11.6. The molecule has 4 heterocycles. The van der Waals surface area contributed by atoms with Crippen molar-refractivity contribution in [2.45, 2.75) is 0 Å². The number of furan rings is 1. The Kier molecular flexibility index (Phi) is 6.63. The zero-order chi connectivity index (χ0) is 30.9. The minimum absolute atomic E-state index is 0. The van der Waals surface area contributed by atoms with Crippen LogP contribution >= 0.6 is 0 Å². The molecule has 48 heavy (non-hydrogen) atoms. The van der Waals surface area contributed by atoms with Crippen molar-refractivity contribution in [2.24, 2.45) is 0 Å². The van der Waals surface area contributed by atoms with Crippen molar-refractivity contribution in [1.29, 1.82) is 0 Å². The van der Waals surface area contributed by atoms with E-state index in [1.54, 1.807) is 0 Å². The Balaban J connectivity index is 0.00000314. The number of benzene rings is 6. The summed E-state index contributed by atoms with van der Waals surface area (Å²) in [5.74, 6) is 0. The van der Waals surface area contributed by atoms with Crippen LogP contribution in [0.1, 0.15) is 0 Å². The maximum absolute atomic E-state index is 6.30. The number of pyridine rings is 1. The molecule has 0 saturated carbocycles. The number of rotatable bonds is 4. The van der Waals surface area contributed by atoms with Gasteiger partial charge in [0.1, 0.15) is 16.8 Å². The van der Waals surface area contributed by atoms with E-state index >= 15 is 0 Å². The van der Waals surface area contributed by atoms with E-state index in [-0.39, 0.29) is 21.1 Å². The van der Waals surface area contributed by atoms with Gasteiger partial charge >= 0.3 is 0 Å². The average Bonchev–Trinajstić information content (AvgIpc) is 3.80. The van der Waals surface area contributed by atoms with Crippen LogP contribution in [0.2, 0.25) is 0 Å². The molecule has 0 radical (unpaired) electrons. The summed E-state index contributed by atoms with van der Waals surface area (Å²) in [7, 11) is 0. The molecule has 10 aromatic rings. The van der Waals surface area contributed by atoms with E-state index in [4.69, 9.17) is 9.40 Å². The molecule has 6 aromatic carbocycles. The number of fused-ring (bicyclic) bond motifs is 7. The Labute approximate surface area is 290 Å².